The Morgan fingerprint density at radius 1 is 1.26 bits per heavy atom. The molecular weight excluding hydrogens is 264 g/mol. The van der Waals surface area contributed by atoms with E-state index < -0.39 is 0 Å². The Hall–Kier alpha value is -1.55. The highest BCUT2D eigenvalue weighted by Crippen LogP contribution is 2.35. The topological polar surface area (TPSA) is 40.6 Å². The highest BCUT2D eigenvalue weighted by molar-refractivity contribution is 6.35. The third kappa shape index (κ3) is 1.91. The monoisotopic (exact) mass is 278 g/mol. The van der Waals surface area contributed by atoms with Crippen LogP contribution in [0.2, 0.25) is 5.02 Å². The van der Waals surface area contributed by atoms with Gasteiger partial charge in [-0.1, -0.05) is 30.7 Å². The average Bonchev–Trinajstić information content (AvgIpc) is 2.63. The van der Waals surface area contributed by atoms with Crippen molar-refractivity contribution in [1.29, 1.82) is 0 Å². The number of urea groups is 1. The van der Waals surface area contributed by atoms with Gasteiger partial charge in [-0.15, -0.1) is 0 Å². The van der Waals surface area contributed by atoms with Crippen LogP contribution in [0.4, 0.5) is 10.5 Å². The van der Waals surface area contributed by atoms with Crippen LogP contribution >= 0.6 is 11.6 Å². The summed E-state index contributed by atoms with van der Waals surface area (Å²) >= 11 is 6.10. The molecular formula is C14H15ClN2O2. The van der Waals surface area contributed by atoms with Crippen molar-refractivity contribution in [3.8, 4) is 0 Å². The maximum atomic E-state index is 12.5. The molecule has 0 radical (unpaired) electrons. The molecule has 5 heteroatoms. The molecule has 2 atom stereocenters. The van der Waals surface area contributed by atoms with Gasteiger partial charge in [-0.05, 0) is 30.9 Å². The number of rotatable bonds is 1. The summed E-state index contributed by atoms with van der Waals surface area (Å²) < 4.78 is 0. The van der Waals surface area contributed by atoms with E-state index in [1.165, 1.54) is 4.90 Å². The van der Waals surface area contributed by atoms with Crippen LogP contribution in [0, 0.1) is 5.92 Å². The van der Waals surface area contributed by atoms with Crippen LogP contribution < -0.4 is 4.90 Å². The number of hydrogen-bond acceptors (Lipinski definition) is 2. The molecule has 0 bridgehead atoms. The molecule has 1 aromatic carbocycles. The summed E-state index contributed by atoms with van der Waals surface area (Å²) in [6.07, 6.45) is 1.69. The van der Waals surface area contributed by atoms with E-state index in [0.717, 1.165) is 12.8 Å². The number of piperidine rings is 1. The number of anilines is 1. The fraction of sp³-hybridized carbons (Fsp3) is 0.429. The van der Waals surface area contributed by atoms with Crippen LogP contribution in [0.1, 0.15) is 19.8 Å². The number of amides is 3. The molecule has 1 aromatic rings. The quantitative estimate of drug-likeness (QED) is 0.741. The van der Waals surface area contributed by atoms with Crippen LogP contribution in [-0.4, -0.2) is 29.4 Å². The number of hydrogen-bond donors (Lipinski definition) is 0. The Kier molecular flexibility index (Phi) is 2.97. The van der Waals surface area contributed by atoms with Crippen molar-refractivity contribution >= 4 is 29.2 Å². The molecule has 0 aromatic heterocycles. The smallest absolute Gasteiger partial charge is 0.312 e. The molecule has 2 heterocycles. The highest BCUT2D eigenvalue weighted by atomic mass is 35.5. The molecule has 3 amide bonds. The number of halogens is 1. The maximum Gasteiger partial charge on any atom is 0.332 e. The normalized spacial score (nSPS) is 26.8. The molecule has 2 aliphatic heterocycles. The van der Waals surface area contributed by atoms with Gasteiger partial charge in [0.2, 0.25) is 0 Å². The third-order valence-corrected chi connectivity index (χ3v) is 4.22. The molecule has 19 heavy (non-hydrogen) atoms. The van der Waals surface area contributed by atoms with Gasteiger partial charge in [0.05, 0.1) is 10.7 Å². The van der Waals surface area contributed by atoms with Gasteiger partial charge in [-0.3, -0.25) is 4.79 Å². The minimum Gasteiger partial charge on any atom is -0.312 e. The van der Waals surface area contributed by atoms with Gasteiger partial charge in [0.15, 0.2) is 0 Å². The zero-order valence-electron chi connectivity index (χ0n) is 10.7. The van der Waals surface area contributed by atoms with Crippen LogP contribution in [-0.2, 0) is 4.79 Å². The lowest BCUT2D eigenvalue weighted by Gasteiger charge is -2.30. The van der Waals surface area contributed by atoms with E-state index >= 15 is 0 Å². The number of para-hydroxylation sites is 1. The van der Waals surface area contributed by atoms with Crippen molar-refractivity contribution in [2.45, 2.75) is 25.8 Å². The standard InChI is InChI=1S/C14H15ClN2O2/c1-9-6-7-16-12(8-9)13(18)17(14(16)19)11-5-3-2-4-10(11)15/h2-5,9,12H,6-8H2,1H3. The average molecular weight is 279 g/mol. The van der Waals surface area contributed by atoms with Gasteiger partial charge in [-0.25, -0.2) is 9.69 Å². The highest BCUT2D eigenvalue weighted by Gasteiger charge is 2.48. The molecule has 2 saturated heterocycles. The Morgan fingerprint density at radius 3 is 2.74 bits per heavy atom. The zero-order valence-corrected chi connectivity index (χ0v) is 11.4. The molecule has 3 rings (SSSR count). The van der Waals surface area contributed by atoms with E-state index in [2.05, 4.69) is 6.92 Å². The lowest BCUT2D eigenvalue weighted by Crippen LogP contribution is -2.41. The van der Waals surface area contributed by atoms with Crippen molar-refractivity contribution in [1.82, 2.24) is 4.90 Å². The van der Waals surface area contributed by atoms with E-state index in [0.29, 0.717) is 23.2 Å². The van der Waals surface area contributed by atoms with Gasteiger partial charge in [-0.2, -0.15) is 0 Å². The number of fused-ring (bicyclic) bond motifs is 1. The summed E-state index contributed by atoms with van der Waals surface area (Å²) in [5, 5.41) is 0.428. The van der Waals surface area contributed by atoms with Crippen molar-refractivity contribution in [2.75, 3.05) is 11.4 Å². The van der Waals surface area contributed by atoms with Gasteiger partial charge >= 0.3 is 6.03 Å². The fourth-order valence-corrected chi connectivity index (χ4v) is 3.05. The predicted octanol–water partition coefficient (Wildman–Crippen LogP) is 2.91. The van der Waals surface area contributed by atoms with Gasteiger partial charge in [0.1, 0.15) is 6.04 Å². The fourth-order valence-electron chi connectivity index (χ4n) is 2.83. The first-order valence-corrected chi connectivity index (χ1v) is 6.86. The van der Waals surface area contributed by atoms with Crippen molar-refractivity contribution in [2.24, 2.45) is 5.92 Å². The summed E-state index contributed by atoms with van der Waals surface area (Å²) in [4.78, 5) is 27.7. The minimum absolute atomic E-state index is 0.148. The van der Waals surface area contributed by atoms with E-state index in [4.69, 9.17) is 11.6 Å². The first kappa shape index (κ1) is 12.5. The van der Waals surface area contributed by atoms with E-state index in [9.17, 15) is 9.59 Å². The van der Waals surface area contributed by atoms with Crippen LogP contribution in [0.25, 0.3) is 0 Å². The van der Waals surface area contributed by atoms with Gasteiger partial charge < -0.3 is 4.90 Å². The number of carbonyl (C=O) groups is 2. The molecule has 0 saturated carbocycles. The third-order valence-electron chi connectivity index (χ3n) is 3.90. The van der Waals surface area contributed by atoms with E-state index in [1.807, 2.05) is 0 Å². The summed E-state index contributed by atoms with van der Waals surface area (Å²) in [6.45, 7) is 2.77. The number of nitrogens with zero attached hydrogens (tertiary/aromatic N) is 2. The molecule has 2 aliphatic rings. The van der Waals surface area contributed by atoms with Crippen LogP contribution in [0.5, 0.6) is 0 Å². The van der Waals surface area contributed by atoms with Gasteiger partial charge in [0.25, 0.3) is 5.91 Å². The van der Waals surface area contributed by atoms with Crippen molar-refractivity contribution in [3.63, 3.8) is 0 Å². The number of imide groups is 1. The summed E-state index contributed by atoms with van der Waals surface area (Å²) in [5.41, 5.74) is 0.487. The zero-order chi connectivity index (χ0) is 13.6. The largest absolute Gasteiger partial charge is 0.332 e. The lowest BCUT2D eigenvalue weighted by molar-refractivity contribution is -0.120. The van der Waals surface area contributed by atoms with Crippen molar-refractivity contribution in [3.05, 3.63) is 29.3 Å². The number of benzene rings is 1. The summed E-state index contributed by atoms with van der Waals surface area (Å²) in [5.74, 6) is 0.328. The molecule has 2 fully saturated rings. The van der Waals surface area contributed by atoms with E-state index in [-0.39, 0.29) is 18.0 Å². The molecule has 2 unspecified atom stereocenters. The first-order valence-electron chi connectivity index (χ1n) is 6.48. The Balaban J connectivity index is 1.98. The molecule has 0 N–H and O–H groups in total. The molecule has 0 spiro atoms. The minimum atomic E-state index is -0.312. The Labute approximate surface area is 116 Å². The predicted molar refractivity (Wildman–Crippen MR) is 73.2 cm³/mol. The number of carbonyl (C=O) groups excluding carboxylic acids is 2. The van der Waals surface area contributed by atoms with Crippen LogP contribution in [0.15, 0.2) is 24.3 Å². The first-order chi connectivity index (χ1) is 9.09. The van der Waals surface area contributed by atoms with Crippen molar-refractivity contribution < 1.29 is 9.59 Å². The van der Waals surface area contributed by atoms with Crippen LogP contribution in [0.3, 0.4) is 0 Å². The summed E-state index contributed by atoms with van der Waals surface area (Å²) in [6, 6.07) is 6.41. The van der Waals surface area contributed by atoms with Gasteiger partial charge in [0, 0.05) is 6.54 Å². The molecule has 100 valence electrons. The molecule has 4 nitrogen and oxygen atoms in total. The van der Waals surface area contributed by atoms with E-state index in [1.54, 1.807) is 29.2 Å². The second-order valence-corrected chi connectivity index (χ2v) is 5.65. The summed E-state index contributed by atoms with van der Waals surface area (Å²) in [7, 11) is 0. The molecule has 0 aliphatic carbocycles. The Bertz CT molecular complexity index is 546. The Morgan fingerprint density at radius 2 is 2.00 bits per heavy atom. The second kappa shape index (κ2) is 4.53. The SMILES string of the molecule is CC1CCN2C(=O)N(c3ccccc3Cl)C(=O)C2C1. The lowest BCUT2D eigenvalue weighted by atomic mass is 9.93. The maximum absolute atomic E-state index is 12.5. The second-order valence-electron chi connectivity index (χ2n) is 5.25.